The van der Waals surface area contributed by atoms with Gasteiger partial charge in [-0.05, 0) is 18.8 Å². The Bertz CT molecular complexity index is 396. The summed E-state index contributed by atoms with van der Waals surface area (Å²) in [6.07, 6.45) is 3.54. The van der Waals surface area contributed by atoms with E-state index < -0.39 is 5.54 Å². The predicted octanol–water partition coefficient (Wildman–Crippen LogP) is 0.947. The molecule has 0 aromatic carbocycles. The summed E-state index contributed by atoms with van der Waals surface area (Å²) in [4.78, 5) is 0. The van der Waals surface area contributed by atoms with E-state index in [2.05, 4.69) is 16.4 Å². The largest absolute Gasteiger partial charge is 0.322 e. The molecular weight excluding hydrogens is 190 g/mol. The second-order valence-electron chi connectivity index (χ2n) is 4.50. The molecule has 1 aromatic rings. The van der Waals surface area contributed by atoms with Crippen molar-refractivity contribution in [1.29, 1.82) is 5.26 Å². The number of rotatable bonds is 3. The molecular formula is C10H15N5. The molecule has 1 aliphatic carbocycles. The SMILES string of the molecule is CC(C)[C@H](N)c1cn(C2(C#N)CC2)nn1. The van der Waals surface area contributed by atoms with Gasteiger partial charge in [-0.25, -0.2) is 4.68 Å². The van der Waals surface area contributed by atoms with Gasteiger partial charge in [-0.2, -0.15) is 5.26 Å². The highest BCUT2D eigenvalue weighted by molar-refractivity contribution is 5.16. The Morgan fingerprint density at radius 3 is 2.73 bits per heavy atom. The Hall–Kier alpha value is -1.41. The Balaban J connectivity index is 2.22. The van der Waals surface area contributed by atoms with E-state index in [1.54, 1.807) is 10.9 Å². The molecule has 0 unspecified atom stereocenters. The third kappa shape index (κ3) is 1.61. The van der Waals surface area contributed by atoms with Gasteiger partial charge in [-0.15, -0.1) is 5.10 Å². The van der Waals surface area contributed by atoms with Crippen LogP contribution in [0.5, 0.6) is 0 Å². The normalized spacial score (nSPS) is 19.9. The first-order valence-corrected chi connectivity index (χ1v) is 5.18. The van der Waals surface area contributed by atoms with Crippen molar-refractivity contribution in [2.45, 2.75) is 38.3 Å². The molecule has 5 nitrogen and oxygen atoms in total. The maximum absolute atomic E-state index is 9.00. The van der Waals surface area contributed by atoms with Gasteiger partial charge >= 0.3 is 0 Å². The minimum absolute atomic E-state index is 0.103. The monoisotopic (exact) mass is 205 g/mol. The van der Waals surface area contributed by atoms with Gasteiger partial charge in [0.15, 0.2) is 5.54 Å². The van der Waals surface area contributed by atoms with Gasteiger partial charge in [-0.3, -0.25) is 0 Å². The third-order valence-corrected chi connectivity index (χ3v) is 2.94. The number of nitrogens with zero attached hydrogens (tertiary/aromatic N) is 4. The molecule has 2 N–H and O–H groups in total. The summed E-state index contributed by atoms with van der Waals surface area (Å²) < 4.78 is 1.66. The van der Waals surface area contributed by atoms with Crippen molar-refractivity contribution in [3.8, 4) is 6.07 Å². The lowest BCUT2D eigenvalue weighted by Crippen LogP contribution is -2.17. The number of hydrogen-bond donors (Lipinski definition) is 1. The number of nitrogens with two attached hydrogens (primary N) is 1. The number of hydrogen-bond acceptors (Lipinski definition) is 4. The molecule has 1 aliphatic rings. The summed E-state index contributed by atoms with van der Waals surface area (Å²) in [5, 5.41) is 17.0. The first kappa shape index (κ1) is 10.1. The molecule has 5 heteroatoms. The molecule has 1 aromatic heterocycles. The van der Waals surface area contributed by atoms with Crippen molar-refractivity contribution >= 4 is 0 Å². The first-order chi connectivity index (χ1) is 7.09. The Labute approximate surface area is 88.9 Å². The zero-order valence-corrected chi connectivity index (χ0v) is 9.01. The number of nitriles is 1. The van der Waals surface area contributed by atoms with E-state index in [9.17, 15) is 0 Å². The van der Waals surface area contributed by atoms with Crippen LogP contribution in [0, 0.1) is 17.2 Å². The Morgan fingerprint density at radius 1 is 1.60 bits per heavy atom. The minimum Gasteiger partial charge on any atom is -0.322 e. The van der Waals surface area contributed by atoms with Crippen molar-refractivity contribution in [1.82, 2.24) is 15.0 Å². The summed E-state index contributed by atoms with van der Waals surface area (Å²) in [6, 6.07) is 2.17. The number of aromatic nitrogens is 3. The molecule has 2 rings (SSSR count). The van der Waals surface area contributed by atoms with E-state index >= 15 is 0 Å². The van der Waals surface area contributed by atoms with E-state index in [0.29, 0.717) is 5.92 Å². The highest BCUT2D eigenvalue weighted by Crippen LogP contribution is 2.42. The van der Waals surface area contributed by atoms with Crippen molar-refractivity contribution in [2.24, 2.45) is 11.7 Å². The van der Waals surface area contributed by atoms with Crippen LogP contribution < -0.4 is 5.73 Å². The van der Waals surface area contributed by atoms with Crippen LogP contribution in [-0.2, 0) is 5.54 Å². The molecule has 0 amide bonds. The maximum Gasteiger partial charge on any atom is 0.150 e. The average molecular weight is 205 g/mol. The van der Waals surface area contributed by atoms with Crippen LogP contribution in [0.1, 0.15) is 38.4 Å². The molecule has 1 heterocycles. The zero-order chi connectivity index (χ0) is 11.1. The third-order valence-electron chi connectivity index (χ3n) is 2.94. The van der Waals surface area contributed by atoms with Crippen LogP contribution in [-0.4, -0.2) is 15.0 Å². The highest BCUT2D eigenvalue weighted by atomic mass is 15.5. The fourth-order valence-corrected chi connectivity index (χ4v) is 1.49. The van der Waals surface area contributed by atoms with Gasteiger partial charge in [-0.1, -0.05) is 19.1 Å². The van der Waals surface area contributed by atoms with Crippen LogP contribution in [0.25, 0.3) is 0 Å². The van der Waals surface area contributed by atoms with Gasteiger partial charge in [0, 0.05) is 0 Å². The van der Waals surface area contributed by atoms with E-state index in [1.807, 2.05) is 13.8 Å². The van der Waals surface area contributed by atoms with E-state index in [0.717, 1.165) is 18.5 Å². The molecule has 0 aliphatic heterocycles. The average Bonchev–Trinajstić information content (AvgIpc) is 2.87. The molecule has 0 spiro atoms. The standard InChI is InChI=1S/C10H15N5/c1-7(2)9(12)8-5-15(14-13-8)10(6-11)3-4-10/h5,7,9H,3-4,12H2,1-2H3/t9-/m0/s1. The molecule has 1 atom stereocenters. The van der Waals surface area contributed by atoms with Crippen molar-refractivity contribution in [2.75, 3.05) is 0 Å². The quantitative estimate of drug-likeness (QED) is 0.796. The summed E-state index contributed by atoms with van der Waals surface area (Å²) >= 11 is 0. The Kier molecular flexibility index (Phi) is 2.24. The van der Waals surface area contributed by atoms with Gasteiger partial charge in [0.1, 0.15) is 0 Å². The summed E-state index contributed by atoms with van der Waals surface area (Å²) in [5.74, 6) is 0.326. The van der Waals surface area contributed by atoms with Crippen molar-refractivity contribution < 1.29 is 0 Å². The van der Waals surface area contributed by atoms with Crippen LogP contribution >= 0.6 is 0 Å². The fourth-order valence-electron chi connectivity index (χ4n) is 1.49. The Morgan fingerprint density at radius 2 is 2.27 bits per heavy atom. The lowest BCUT2D eigenvalue weighted by molar-refractivity contribution is 0.502. The van der Waals surface area contributed by atoms with Gasteiger partial charge in [0.05, 0.1) is 24.0 Å². The lowest BCUT2D eigenvalue weighted by Gasteiger charge is -2.11. The second kappa shape index (κ2) is 3.31. The van der Waals surface area contributed by atoms with Crippen LogP contribution in [0.2, 0.25) is 0 Å². The van der Waals surface area contributed by atoms with Gasteiger partial charge < -0.3 is 5.73 Å². The topological polar surface area (TPSA) is 80.5 Å². The summed E-state index contributed by atoms with van der Waals surface area (Å²) in [6.45, 7) is 4.09. The molecule has 0 saturated heterocycles. The zero-order valence-electron chi connectivity index (χ0n) is 9.01. The summed E-state index contributed by atoms with van der Waals surface area (Å²) in [7, 11) is 0. The van der Waals surface area contributed by atoms with Crippen molar-refractivity contribution in [3.05, 3.63) is 11.9 Å². The van der Waals surface area contributed by atoms with E-state index in [-0.39, 0.29) is 6.04 Å². The lowest BCUT2D eigenvalue weighted by atomic mass is 10.0. The smallest absolute Gasteiger partial charge is 0.150 e. The molecule has 1 fully saturated rings. The van der Waals surface area contributed by atoms with Crippen LogP contribution in [0.15, 0.2) is 6.20 Å². The second-order valence-corrected chi connectivity index (χ2v) is 4.50. The molecule has 80 valence electrons. The van der Waals surface area contributed by atoms with E-state index in [4.69, 9.17) is 11.0 Å². The highest BCUT2D eigenvalue weighted by Gasteiger charge is 2.46. The molecule has 0 radical (unpaired) electrons. The molecule has 15 heavy (non-hydrogen) atoms. The molecule has 0 bridgehead atoms. The van der Waals surface area contributed by atoms with Crippen LogP contribution in [0.4, 0.5) is 0 Å². The van der Waals surface area contributed by atoms with E-state index in [1.165, 1.54) is 0 Å². The van der Waals surface area contributed by atoms with Crippen LogP contribution in [0.3, 0.4) is 0 Å². The van der Waals surface area contributed by atoms with Gasteiger partial charge in [0.25, 0.3) is 0 Å². The maximum atomic E-state index is 9.00. The predicted molar refractivity (Wildman–Crippen MR) is 54.6 cm³/mol. The first-order valence-electron chi connectivity index (χ1n) is 5.18. The summed E-state index contributed by atoms with van der Waals surface area (Å²) in [5.41, 5.74) is 6.30. The van der Waals surface area contributed by atoms with Crippen molar-refractivity contribution in [3.63, 3.8) is 0 Å². The fraction of sp³-hybridized carbons (Fsp3) is 0.700. The molecule has 1 saturated carbocycles. The minimum atomic E-state index is -0.429. The van der Waals surface area contributed by atoms with Gasteiger partial charge in [0.2, 0.25) is 0 Å².